The first-order chi connectivity index (χ1) is 7.84. The summed E-state index contributed by atoms with van der Waals surface area (Å²) in [5, 5.41) is 27.2. The predicted molar refractivity (Wildman–Crippen MR) is 53.5 cm³/mol. The zero-order valence-corrected chi connectivity index (χ0v) is 8.50. The van der Waals surface area contributed by atoms with Crippen LogP contribution in [0.25, 0.3) is 0 Å². The van der Waals surface area contributed by atoms with Crippen LogP contribution in [-0.2, 0) is 4.79 Å². The van der Waals surface area contributed by atoms with E-state index in [1.165, 1.54) is 0 Å². The maximum Gasteiger partial charge on any atom is 0.335 e. The van der Waals surface area contributed by atoms with Gasteiger partial charge in [0.1, 0.15) is 11.9 Å². The number of amides is 1. The number of aromatic carboxylic acids is 1. The average molecular weight is 243 g/mol. The Labute approximate surface area is 95.1 Å². The van der Waals surface area contributed by atoms with E-state index in [4.69, 9.17) is 15.9 Å². The summed E-state index contributed by atoms with van der Waals surface area (Å²) >= 11 is 0. The second-order valence-corrected chi connectivity index (χ2v) is 3.33. The molecular weight excluding hydrogens is 233 g/mol. The minimum atomic E-state index is -1.96. The van der Waals surface area contributed by atoms with E-state index in [9.17, 15) is 19.1 Å². The van der Waals surface area contributed by atoms with E-state index in [1.54, 1.807) is 0 Å². The summed E-state index contributed by atoms with van der Waals surface area (Å²) in [5.74, 6) is -3.59. The van der Waals surface area contributed by atoms with Crippen molar-refractivity contribution in [2.75, 3.05) is 0 Å². The summed E-state index contributed by atoms with van der Waals surface area (Å²) < 4.78 is 13.4. The third-order valence-corrected chi connectivity index (χ3v) is 2.16. The Hall–Kier alpha value is -1.99. The quantitative estimate of drug-likeness (QED) is 0.562. The molecule has 0 aromatic heterocycles. The zero-order valence-electron chi connectivity index (χ0n) is 8.50. The molecule has 0 fully saturated rings. The molecule has 1 rings (SSSR count). The Bertz CT molecular complexity index is 462. The second-order valence-electron chi connectivity index (χ2n) is 3.33. The highest BCUT2D eigenvalue weighted by Crippen LogP contribution is 2.21. The lowest BCUT2D eigenvalue weighted by Crippen LogP contribution is -2.34. The van der Waals surface area contributed by atoms with E-state index in [2.05, 4.69) is 0 Å². The molecule has 1 amide bonds. The lowest BCUT2D eigenvalue weighted by molar-refractivity contribution is -0.132. The summed E-state index contributed by atoms with van der Waals surface area (Å²) in [7, 11) is 0. The fourth-order valence-electron chi connectivity index (χ4n) is 1.23. The molecule has 17 heavy (non-hydrogen) atoms. The fourth-order valence-corrected chi connectivity index (χ4v) is 1.23. The zero-order chi connectivity index (χ0) is 13.2. The van der Waals surface area contributed by atoms with Gasteiger partial charge in [0, 0.05) is 5.56 Å². The first-order valence-corrected chi connectivity index (χ1v) is 4.52. The van der Waals surface area contributed by atoms with E-state index in [0.29, 0.717) is 6.07 Å². The lowest BCUT2D eigenvalue weighted by atomic mass is 10.0. The monoisotopic (exact) mass is 243 g/mol. The third kappa shape index (κ3) is 2.77. The molecule has 1 aromatic rings. The van der Waals surface area contributed by atoms with Gasteiger partial charge in [-0.2, -0.15) is 0 Å². The first kappa shape index (κ1) is 13.1. The number of hydrogen-bond acceptors (Lipinski definition) is 4. The van der Waals surface area contributed by atoms with Crippen molar-refractivity contribution in [1.29, 1.82) is 0 Å². The molecule has 0 saturated carbocycles. The molecule has 1 aromatic carbocycles. The van der Waals surface area contributed by atoms with Crippen LogP contribution >= 0.6 is 0 Å². The van der Waals surface area contributed by atoms with Crippen molar-refractivity contribution >= 4 is 11.9 Å². The number of nitrogens with two attached hydrogens (primary N) is 1. The molecule has 0 aliphatic heterocycles. The molecule has 2 atom stereocenters. The largest absolute Gasteiger partial charge is 0.478 e. The predicted octanol–water partition coefficient (Wildman–Crippen LogP) is -0.597. The molecule has 6 nitrogen and oxygen atoms in total. The number of hydrogen-bond donors (Lipinski definition) is 4. The van der Waals surface area contributed by atoms with Gasteiger partial charge in [0.05, 0.1) is 5.56 Å². The van der Waals surface area contributed by atoms with Crippen LogP contribution < -0.4 is 5.73 Å². The third-order valence-electron chi connectivity index (χ3n) is 2.16. The van der Waals surface area contributed by atoms with Crippen LogP contribution in [0.4, 0.5) is 4.39 Å². The number of rotatable bonds is 4. The number of carboxylic acid groups (broad SMARTS) is 1. The molecule has 7 heteroatoms. The van der Waals surface area contributed by atoms with Gasteiger partial charge in [-0.05, 0) is 12.1 Å². The molecule has 0 aliphatic rings. The van der Waals surface area contributed by atoms with Crippen molar-refractivity contribution in [3.8, 4) is 0 Å². The summed E-state index contributed by atoms with van der Waals surface area (Å²) in [4.78, 5) is 21.1. The SMILES string of the molecule is NC(=O)C(O)C(O)c1ccc(C(=O)O)cc1F. The van der Waals surface area contributed by atoms with Crippen molar-refractivity contribution in [3.63, 3.8) is 0 Å². The highest BCUT2D eigenvalue weighted by Gasteiger charge is 2.26. The van der Waals surface area contributed by atoms with Gasteiger partial charge >= 0.3 is 5.97 Å². The number of halogens is 1. The van der Waals surface area contributed by atoms with E-state index in [0.717, 1.165) is 12.1 Å². The van der Waals surface area contributed by atoms with Crippen LogP contribution in [0.5, 0.6) is 0 Å². The maximum absolute atomic E-state index is 13.4. The van der Waals surface area contributed by atoms with Gasteiger partial charge in [0.2, 0.25) is 5.91 Å². The molecule has 0 radical (unpaired) electrons. The Morgan fingerprint density at radius 3 is 2.29 bits per heavy atom. The highest BCUT2D eigenvalue weighted by molar-refractivity contribution is 5.87. The van der Waals surface area contributed by atoms with Crippen molar-refractivity contribution < 1.29 is 29.3 Å². The van der Waals surface area contributed by atoms with Crippen LogP contribution in [0.2, 0.25) is 0 Å². The number of carbonyl (C=O) groups excluding carboxylic acids is 1. The topological polar surface area (TPSA) is 121 Å². The Morgan fingerprint density at radius 2 is 1.88 bits per heavy atom. The van der Waals surface area contributed by atoms with E-state index in [-0.39, 0.29) is 5.56 Å². The molecule has 5 N–H and O–H groups in total. The van der Waals surface area contributed by atoms with Gasteiger partial charge in [0.25, 0.3) is 0 Å². The van der Waals surface area contributed by atoms with Crippen LogP contribution in [0.3, 0.4) is 0 Å². The number of carboxylic acids is 1. The molecule has 0 saturated heterocycles. The van der Waals surface area contributed by atoms with Crippen molar-refractivity contribution in [2.24, 2.45) is 5.73 Å². The fraction of sp³-hybridized carbons (Fsp3) is 0.200. The summed E-state index contributed by atoms with van der Waals surface area (Å²) in [6, 6.07) is 2.68. The number of primary amides is 1. The highest BCUT2D eigenvalue weighted by atomic mass is 19.1. The maximum atomic E-state index is 13.4. The molecule has 0 bridgehead atoms. The van der Waals surface area contributed by atoms with Crippen molar-refractivity contribution in [2.45, 2.75) is 12.2 Å². The summed E-state index contributed by atoms with van der Waals surface area (Å²) in [6.07, 6.45) is -3.80. The van der Waals surface area contributed by atoms with Crippen molar-refractivity contribution in [1.82, 2.24) is 0 Å². The van der Waals surface area contributed by atoms with Gasteiger partial charge in [-0.3, -0.25) is 4.79 Å². The van der Waals surface area contributed by atoms with Gasteiger partial charge in [0.15, 0.2) is 6.10 Å². The lowest BCUT2D eigenvalue weighted by Gasteiger charge is -2.15. The van der Waals surface area contributed by atoms with Gasteiger partial charge in [-0.15, -0.1) is 0 Å². The van der Waals surface area contributed by atoms with Crippen LogP contribution in [0.15, 0.2) is 18.2 Å². The van der Waals surface area contributed by atoms with Gasteiger partial charge in [-0.25, -0.2) is 9.18 Å². The summed E-state index contributed by atoms with van der Waals surface area (Å²) in [6.45, 7) is 0. The van der Waals surface area contributed by atoms with Gasteiger partial charge in [-0.1, -0.05) is 6.07 Å². The van der Waals surface area contributed by atoms with E-state index >= 15 is 0 Å². The Kier molecular flexibility index (Phi) is 3.77. The molecule has 0 aliphatic carbocycles. The molecule has 0 spiro atoms. The first-order valence-electron chi connectivity index (χ1n) is 4.52. The Balaban J connectivity index is 3.08. The normalized spacial score (nSPS) is 14.1. The standard InChI is InChI=1S/C10H10FNO5/c11-6-3-4(10(16)17)1-2-5(6)7(13)8(14)9(12)15/h1-3,7-8,13-14H,(H2,12,15)(H,16,17). The van der Waals surface area contributed by atoms with Crippen LogP contribution in [0.1, 0.15) is 22.0 Å². The number of carbonyl (C=O) groups is 2. The molecular formula is C10H10FNO5. The number of aliphatic hydroxyl groups is 2. The van der Waals surface area contributed by atoms with E-state index in [1.807, 2.05) is 0 Å². The minimum Gasteiger partial charge on any atom is -0.478 e. The summed E-state index contributed by atoms with van der Waals surface area (Å²) in [5.41, 5.74) is 4.02. The molecule has 0 heterocycles. The molecule has 2 unspecified atom stereocenters. The van der Waals surface area contributed by atoms with Crippen LogP contribution in [0, 0.1) is 5.82 Å². The van der Waals surface area contributed by atoms with Gasteiger partial charge < -0.3 is 21.1 Å². The minimum absolute atomic E-state index is 0.313. The second kappa shape index (κ2) is 4.89. The van der Waals surface area contributed by atoms with Crippen molar-refractivity contribution in [3.05, 3.63) is 35.1 Å². The smallest absolute Gasteiger partial charge is 0.335 e. The van der Waals surface area contributed by atoms with Crippen LogP contribution in [-0.4, -0.2) is 33.3 Å². The number of benzene rings is 1. The average Bonchev–Trinajstić information content (AvgIpc) is 2.26. The molecule has 92 valence electrons. The Morgan fingerprint density at radius 1 is 1.29 bits per heavy atom. The van der Waals surface area contributed by atoms with E-state index < -0.39 is 35.5 Å². The number of aliphatic hydroxyl groups excluding tert-OH is 2.